The van der Waals surface area contributed by atoms with Crippen LogP contribution in [0.4, 0.5) is 10.3 Å². The fraction of sp³-hybridized carbons (Fsp3) is 0.333. The van der Waals surface area contributed by atoms with E-state index < -0.39 is 0 Å². The highest BCUT2D eigenvalue weighted by molar-refractivity contribution is 5.94. The van der Waals surface area contributed by atoms with E-state index in [9.17, 15) is 4.39 Å². The Kier molecular flexibility index (Phi) is 3.90. The predicted molar refractivity (Wildman–Crippen MR) is 93.4 cm³/mol. The second-order valence-electron chi connectivity index (χ2n) is 6.26. The maximum atomic E-state index is 13.5. The lowest BCUT2D eigenvalue weighted by Crippen LogP contribution is -2.35. The molecule has 2 N–H and O–H groups in total. The largest absolute Gasteiger partial charge is 0.351 e. The molecular formula is C18H20FN5. The molecule has 1 saturated heterocycles. The van der Waals surface area contributed by atoms with Gasteiger partial charge in [0.05, 0.1) is 0 Å². The summed E-state index contributed by atoms with van der Waals surface area (Å²) in [7, 11) is 1.95. The highest BCUT2D eigenvalue weighted by Gasteiger charge is 2.16. The van der Waals surface area contributed by atoms with Crippen molar-refractivity contribution < 1.29 is 4.39 Å². The molecule has 0 atom stereocenters. The van der Waals surface area contributed by atoms with Gasteiger partial charge in [-0.3, -0.25) is 0 Å². The molecule has 1 fully saturated rings. The van der Waals surface area contributed by atoms with E-state index in [1.54, 1.807) is 6.07 Å². The van der Waals surface area contributed by atoms with Crippen LogP contribution in [0.5, 0.6) is 0 Å². The zero-order chi connectivity index (χ0) is 16.5. The van der Waals surface area contributed by atoms with Crippen molar-refractivity contribution in [2.45, 2.75) is 18.9 Å². The topological polar surface area (TPSA) is 54.8 Å². The Hall–Kier alpha value is -2.47. The number of anilines is 1. The minimum absolute atomic E-state index is 0.241. The number of fused-ring (bicyclic) bond motifs is 1. The highest BCUT2D eigenvalue weighted by atomic mass is 19.1. The van der Waals surface area contributed by atoms with Crippen molar-refractivity contribution in [3.63, 3.8) is 0 Å². The summed E-state index contributed by atoms with van der Waals surface area (Å²) in [6, 6.07) is 7.02. The first-order chi connectivity index (χ1) is 11.7. The van der Waals surface area contributed by atoms with Gasteiger partial charge >= 0.3 is 0 Å². The highest BCUT2D eigenvalue weighted by Crippen LogP contribution is 2.29. The Balaban J connectivity index is 1.69. The van der Waals surface area contributed by atoms with E-state index in [0.717, 1.165) is 48.1 Å². The number of hydrogen-bond donors (Lipinski definition) is 2. The average molecular weight is 325 g/mol. The van der Waals surface area contributed by atoms with Crippen LogP contribution in [-0.2, 0) is 7.05 Å². The number of halogens is 1. The molecule has 2 aromatic heterocycles. The quantitative estimate of drug-likeness (QED) is 0.777. The van der Waals surface area contributed by atoms with E-state index in [1.165, 1.54) is 12.1 Å². The number of piperidine rings is 1. The van der Waals surface area contributed by atoms with Crippen molar-refractivity contribution in [3.05, 3.63) is 42.5 Å². The zero-order valence-corrected chi connectivity index (χ0v) is 13.6. The smallest absolute Gasteiger partial charge is 0.224 e. The molecule has 0 amide bonds. The zero-order valence-electron chi connectivity index (χ0n) is 13.6. The molecule has 0 aliphatic carbocycles. The Bertz CT molecular complexity index is 867. The van der Waals surface area contributed by atoms with Crippen LogP contribution >= 0.6 is 0 Å². The number of aryl methyl sites for hydroxylation is 1. The van der Waals surface area contributed by atoms with Gasteiger partial charge in [-0.2, -0.15) is 4.98 Å². The lowest BCUT2D eigenvalue weighted by Gasteiger charge is -2.23. The van der Waals surface area contributed by atoms with Crippen LogP contribution in [0.15, 0.2) is 36.7 Å². The number of nitrogens with zero attached hydrogens (tertiary/aromatic N) is 3. The Morgan fingerprint density at radius 1 is 1.29 bits per heavy atom. The van der Waals surface area contributed by atoms with Crippen molar-refractivity contribution in [1.29, 1.82) is 0 Å². The second kappa shape index (κ2) is 6.20. The van der Waals surface area contributed by atoms with Crippen LogP contribution in [0.2, 0.25) is 0 Å². The Morgan fingerprint density at radius 3 is 2.92 bits per heavy atom. The van der Waals surface area contributed by atoms with Crippen LogP contribution in [-0.4, -0.2) is 33.7 Å². The van der Waals surface area contributed by atoms with Gasteiger partial charge in [0.15, 0.2) is 0 Å². The Labute approximate surface area is 139 Å². The monoisotopic (exact) mass is 325 g/mol. The van der Waals surface area contributed by atoms with Crippen molar-refractivity contribution >= 4 is 17.0 Å². The van der Waals surface area contributed by atoms with Crippen LogP contribution in [0.3, 0.4) is 0 Å². The summed E-state index contributed by atoms with van der Waals surface area (Å²) in [6.07, 6.45) is 5.95. The molecule has 5 nitrogen and oxygen atoms in total. The third-order valence-corrected chi connectivity index (χ3v) is 4.52. The van der Waals surface area contributed by atoms with Gasteiger partial charge in [0.2, 0.25) is 5.95 Å². The molecule has 0 radical (unpaired) electrons. The molecule has 24 heavy (non-hydrogen) atoms. The van der Waals surface area contributed by atoms with Crippen molar-refractivity contribution in [3.8, 4) is 11.1 Å². The lowest BCUT2D eigenvalue weighted by molar-refractivity contribution is 0.477. The van der Waals surface area contributed by atoms with Crippen LogP contribution in [0.1, 0.15) is 12.8 Å². The molecule has 0 spiro atoms. The fourth-order valence-electron chi connectivity index (χ4n) is 3.26. The van der Waals surface area contributed by atoms with Gasteiger partial charge < -0.3 is 15.2 Å². The van der Waals surface area contributed by atoms with E-state index in [1.807, 2.05) is 30.1 Å². The summed E-state index contributed by atoms with van der Waals surface area (Å²) in [4.78, 5) is 9.14. The number of rotatable bonds is 3. The molecule has 3 aromatic rings. The third kappa shape index (κ3) is 2.85. The third-order valence-electron chi connectivity index (χ3n) is 4.52. The molecule has 1 aromatic carbocycles. The average Bonchev–Trinajstić information content (AvgIpc) is 2.92. The van der Waals surface area contributed by atoms with Gasteiger partial charge in [0.1, 0.15) is 11.5 Å². The summed E-state index contributed by atoms with van der Waals surface area (Å²) in [5, 5.41) is 7.70. The van der Waals surface area contributed by atoms with Gasteiger partial charge in [-0.05, 0) is 43.6 Å². The molecule has 1 aliphatic rings. The first-order valence-corrected chi connectivity index (χ1v) is 8.26. The molecule has 3 heterocycles. The van der Waals surface area contributed by atoms with E-state index in [4.69, 9.17) is 0 Å². The minimum Gasteiger partial charge on any atom is -0.351 e. The van der Waals surface area contributed by atoms with Gasteiger partial charge in [0, 0.05) is 36.4 Å². The molecule has 0 bridgehead atoms. The van der Waals surface area contributed by atoms with Gasteiger partial charge in [-0.15, -0.1) is 0 Å². The van der Waals surface area contributed by atoms with E-state index >= 15 is 0 Å². The van der Waals surface area contributed by atoms with Crippen LogP contribution < -0.4 is 10.6 Å². The molecule has 6 heteroatoms. The van der Waals surface area contributed by atoms with Crippen LogP contribution in [0.25, 0.3) is 22.2 Å². The first kappa shape index (κ1) is 15.1. The number of benzene rings is 1. The molecule has 124 valence electrons. The SMILES string of the molecule is Cn1cc(-c2cccc(F)c2)c2cnc(NC3CCNCC3)nc21. The number of aromatic nitrogens is 3. The van der Waals surface area contributed by atoms with Crippen molar-refractivity contribution in [2.24, 2.45) is 7.05 Å². The predicted octanol–water partition coefficient (Wildman–Crippen LogP) is 2.94. The minimum atomic E-state index is -0.241. The lowest BCUT2D eigenvalue weighted by atomic mass is 10.1. The molecule has 4 rings (SSSR count). The Morgan fingerprint density at radius 2 is 2.12 bits per heavy atom. The molecule has 0 unspecified atom stereocenters. The van der Waals surface area contributed by atoms with Gasteiger partial charge in [0.25, 0.3) is 0 Å². The van der Waals surface area contributed by atoms with Crippen molar-refractivity contribution in [1.82, 2.24) is 19.9 Å². The summed E-state index contributed by atoms with van der Waals surface area (Å²) in [6.45, 7) is 2.04. The van der Waals surface area contributed by atoms with E-state index in [-0.39, 0.29) is 5.82 Å². The molecule has 1 aliphatic heterocycles. The summed E-state index contributed by atoms with van der Waals surface area (Å²) in [5.41, 5.74) is 2.63. The summed E-state index contributed by atoms with van der Waals surface area (Å²) in [5.74, 6) is 0.413. The summed E-state index contributed by atoms with van der Waals surface area (Å²) >= 11 is 0. The maximum Gasteiger partial charge on any atom is 0.224 e. The standard InChI is InChI=1S/C18H20FN5/c1-24-11-16(12-3-2-4-13(19)9-12)15-10-21-18(23-17(15)24)22-14-5-7-20-8-6-14/h2-4,9-11,14,20H,5-8H2,1H3,(H,21,22,23). The van der Waals surface area contributed by atoms with E-state index in [0.29, 0.717) is 12.0 Å². The molecular weight excluding hydrogens is 305 g/mol. The normalized spacial score (nSPS) is 15.8. The number of hydrogen-bond acceptors (Lipinski definition) is 4. The van der Waals surface area contributed by atoms with Crippen LogP contribution in [0, 0.1) is 5.82 Å². The maximum absolute atomic E-state index is 13.5. The van der Waals surface area contributed by atoms with E-state index in [2.05, 4.69) is 20.6 Å². The second-order valence-corrected chi connectivity index (χ2v) is 6.26. The van der Waals surface area contributed by atoms with Crippen molar-refractivity contribution in [2.75, 3.05) is 18.4 Å². The first-order valence-electron chi connectivity index (χ1n) is 8.26. The fourth-order valence-corrected chi connectivity index (χ4v) is 3.26. The van der Waals surface area contributed by atoms with Gasteiger partial charge in [-0.25, -0.2) is 9.37 Å². The van der Waals surface area contributed by atoms with Gasteiger partial charge in [-0.1, -0.05) is 12.1 Å². The molecule has 0 saturated carbocycles. The number of nitrogens with one attached hydrogen (secondary N) is 2. The summed E-state index contributed by atoms with van der Waals surface area (Å²) < 4.78 is 15.5.